The Hall–Kier alpha value is -6.00. The third kappa shape index (κ3) is 6.30. The standard InChI is InChI=1S/C42H32N4.C3H8.C2H6/c43-37-15-5-6-16-38(37)44-30-23-21-28(22-24-30)29-25-31(45-39-17-7-1-11-33(39)34-12-2-8-18-40(34)45)27-32(26-29)46-41-19-9-3-13-35(41)36-14-4-10-20-42(36)46;1-3-2;1-2/h1-9,11-19,21-27,44H,10,20,43H2;3H2,1-2H3;1-2H3. The highest BCUT2D eigenvalue weighted by Crippen LogP contribution is 2.38. The van der Waals surface area contributed by atoms with Crippen molar-refractivity contribution in [1.29, 1.82) is 0 Å². The number of nitrogen functional groups attached to an aromatic ring is 1. The highest BCUT2D eigenvalue weighted by atomic mass is 15.0. The third-order valence-electron chi connectivity index (χ3n) is 9.31. The van der Waals surface area contributed by atoms with Crippen LogP contribution in [0.2, 0.25) is 0 Å². The Kier molecular flexibility index (Phi) is 9.76. The maximum Gasteiger partial charge on any atom is 0.0617 e. The molecule has 254 valence electrons. The predicted octanol–water partition coefficient (Wildman–Crippen LogP) is 13.1. The average molecular weight is 667 g/mol. The molecule has 2 aromatic heterocycles. The Bertz CT molecular complexity index is 2420. The number of allylic oxidation sites excluding steroid dienone is 1. The van der Waals surface area contributed by atoms with Crippen LogP contribution in [0.5, 0.6) is 0 Å². The molecule has 0 atom stereocenters. The Morgan fingerprint density at radius 2 is 1.12 bits per heavy atom. The van der Waals surface area contributed by atoms with E-state index in [1.807, 2.05) is 38.1 Å². The van der Waals surface area contributed by atoms with E-state index in [0.29, 0.717) is 0 Å². The van der Waals surface area contributed by atoms with Gasteiger partial charge in [-0.15, -0.1) is 0 Å². The zero-order valence-corrected chi connectivity index (χ0v) is 30.0. The molecule has 0 saturated carbocycles. The minimum Gasteiger partial charge on any atom is -0.397 e. The second-order valence-corrected chi connectivity index (χ2v) is 12.8. The van der Waals surface area contributed by atoms with Crippen LogP contribution in [-0.4, -0.2) is 9.13 Å². The van der Waals surface area contributed by atoms with Gasteiger partial charge in [0, 0.05) is 44.5 Å². The number of hydrogen-bond donors (Lipinski definition) is 2. The van der Waals surface area contributed by atoms with E-state index in [0.717, 1.165) is 46.7 Å². The third-order valence-corrected chi connectivity index (χ3v) is 9.31. The summed E-state index contributed by atoms with van der Waals surface area (Å²) in [5, 5.41) is 7.29. The summed E-state index contributed by atoms with van der Waals surface area (Å²) in [6.07, 6.45) is 7.92. The highest BCUT2D eigenvalue weighted by molar-refractivity contribution is 6.09. The van der Waals surface area contributed by atoms with Crippen LogP contribution in [0.1, 0.15) is 51.8 Å². The van der Waals surface area contributed by atoms with E-state index in [-0.39, 0.29) is 0 Å². The summed E-state index contributed by atoms with van der Waals surface area (Å²) in [7, 11) is 0. The van der Waals surface area contributed by atoms with Gasteiger partial charge in [-0.05, 0) is 84.6 Å². The Balaban J connectivity index is 0.000000774. The van der Waals surface area contributed by atoms with Gasteiger partial charge in [-0.1, -0.05) is 125 Å². The summed E-state index contributed by atoms with van der Waals surface area (Å²) >= 11 is 0. The van der Waals surface area contributed by atoms with Crippen LogP contribution >= 0.6 is 0 Å². The molecule has 1 aliphatic carbocycles. The molecular weight excluding hydrogens is 621 g/mol. The zero-order chi connectivity index (χ0) is 35.3. The smallest absolute Gasteiger partial charge is 0.0617 e. The number of anilines is 3. The molecule has 4 heteroatoms. The van der Waals surface area contributed by atoms with Gasteiger partial charge in [-0.2, -0.15) is 0 Å². The van der Waals surface area contributed by atoms with Gasteiger partial charge in [0.25, 0.3) is 0 Å². The van der Waals surface area contributed by atoms with Crippen LogP contribution in [0, 0.1) is 0 Å². The van der Waals surface area contributed by atoms with Gasteiger partial charge in [0.1, 0.15) is 0 Å². The number of para-hydroxylation sites is 5. The normalized spacial score (nSPS) is 11.8. The molecule has 8 aromatic rings. The van der Waals surface area contributed by atoms with Gasteiger partial charge >= 0.3 is 0 Å². The van der Waals surface area contributed by atoms with E-state index in [4.69, 9.17) is 5.73 Å². The first-order chi connectivity index (χ1) is 25.1. The van der Waals surface area contributed by atoms with Crippen molar-refractivity contribution in [2.75, 3.05) is 11.1 Å². The molecule has 0 bridgehead atoms. The van der Waals surface area contributed by atoms with Gasteiger partial charge < -0.3 is 20.2 Å². The molecule has 2 heterocycles. The van der Waals surface area contributed by atoms with Crippen LogP contribution in [0.25, 0.3) is 61.3 Å². The van der Waals surface area contributed by atoms with Crippen molar-refractivity contribution in [1.82, 2.24) is 9.13 Å². The van der Waals surface area contributed by atoms with Crippen molar-refractivity contribution < 1.29 is 0 Å². The Labute approximate surface area is 301 Å². The number of nitrogens with one attached hydrogen (secondary N) is 1. The lowest BCUT2D eigenvalue weighted by Gasteiger charge is -2.18. The van der Waals surface area contributed by atoms with Gasteiger partial charge in [-0.25, -0.2) is 0 Å². The molecular formula is C47H46N4. The first kappa shape index (κ1) is 33.5. The van der Waals surface area contributed by atoms with Gasteiger partial charge in [0.15, 0.2) is 0 Å². The fourth-order valence-electron chi connectivity index (χ4n) is 7.20. The molecule has 1 aliphatic rings. The zero-order valence-electron chi connectivity index (χ0n) is 30.0. The second kappa shape index (κ2) is 14.9. The van der Waals surface area contributed by atoms with Crippen molar-refractivity contribution >= 4 is 55.8 Å². The molecule has 9 rings (SSSR count). The number of aromatic nitrogens is 2. The van der Waals surface area contributed by atoms with Crippen molar-refractivity contribution in [2.24, 2.45) is 0 Å². The number of rotatable bonds is 5. The topological polar surface area (TPSA) is 47.9 Å². The van der Waals surface area contributed by atoms with E-state index >= 15 is 0 Å². The van der Waals surface area contributed by atoms with Crippen molar-refractivity contribution in [3.05, 3.63) is 157 Å². The number of fused-ring (bicyclic) bond motifs is 6. The van der Waals surface area contributed by atoms with Crippen LogP contribution in [0.4, 0.5) is 17.1 Å². The number of benzene rings is 6. The maximum absolute atomic E-state index is 6.21. The van der Waals surface area contributed by atoms with Crippen LogP contribution in [-0.2, 0) is 6.42 Å². The Morgan fingerprint density at radius 1 is 0.588 bits per heavy atom. The van der Waals surface area contributed by atoms with Gasteiger partial charge in [0.2, 0.25) is 0 Å². The number of nitrogens with two attached hydrogens (primary N) is 1. The first-order valence-electron chi connectivity index (χ1n) is 18.3. The monoisotopic (exact) mass is 666 g/mol. The minimum absolute atomic E-state index is 0.729. The molecule has 51 heavy (non-hydrogen) atoms. The highest BCUT2D eigenvalue weighted by Gasteiger charge is 2.20. The van der Waals surface area contributed by atoms with Crippen LogP contribution in [0.15, 0.2) is 146 Å². The molecule has 0 amide bonds. The van der Waals surface area contributed by atoms with E-state index in [9.17, 15) is 0 Å². The largest absolute Gasteiger partial charge is 0.397 e. The summed E-state index contributed by atoms with van der Waals surface area (Å²) in [6, 6.07) is 49.8. The lowest BCUT2D eigenvalue weighted by atomic mass is 10.0. The number of hydrogen-bond acceptors (Lipinski definition) is 2. The van der Waals surface area contributed by atoms with E-state index in [1.54, 1.807) is 0 Å². The van der Waals surface area contributed by atoms with Crippen molar-refractivity contribution in [3.63, 3.8) is 0 Å². The van der Waals surface area contributed by atoms with E-state index in [1.165, 1.54) is 56.1 Å². The Morgan fingerprint density at radius 3 is 1.75 bits per heavy atom. The molecule has 3 N–H and O–H groups in total. The summed E-state index contributed by atoms with van der Waals surface area (Å²) in [5.74, 6) is 0. The molecule has 0 radical (unpaired) electrons. The quantitative estimate of drug-likeness (QED) is 0.180. The lowest BCUT2D eigenvalue weighted by molar-refractivity contribution is 0.888. The van der Waals surface area contributed by atoms with Crippen molar-refractivity contribution in [2.45, 2.75) is 47.0 Å². The molecule has 0 unspecified atom stereocenters. The molecule has 4 nitrogen and oxygen atoms in total. The SMILES string of the molecule is CC.CCC.Nc1ccccc1Nc1ccc(-c2cc(-n3c4c(c5ccccc53)C=CCC4)cc(-n3c4ccccc4c4ccccc43)c2)cc1. The van der Waals surface area contributed by atoms with Gasteiger partial charge in [-0.3, -0.25) is 0 Å². The summed E-state index contributed by atoms with van der Waals surface area (Å²) in [6.45, 7) is 8.25. The average Bonchev–Trinajstić information content (AvgIpc) is 3.70. The summed E-state index contributed by atoms with van der Waals surface area (Å²) < 4.78 is 4.91. The molecule has 0 aliphatic heterocycles. The van der Waals surface area contributed by atoms with Crippen LogP contribution in [0.3, 0.4) is 0 Å². The van der Waals surface area contributed by atoms with Crippen LogP contribution < -0.4 is 11.1 Å². The first-order valence-corrected chi connectivity index (χ1v) is 18.3. The number of nitrogens with zero attached hydrogens (tertiary/aromatic N) is 2. The van der Waals surface area contributed by atoms with E-state index < -0.39 is 0 Å². The molecule has 6 aromatic carbocycles. The van der Waals surface area contributed by atoms with Gasteiger partial charge in [0.05, 0.1) is 27.9 Å². The fourth-order valence-corrected chi connectivity index (χ4v) is 7.20. The second-order valence-electron chi connectivity index (χ2n) is 12.8. The van der Waals surface area contributed by atoms with E-state index in [2.05, 4.69) is 156 Å². The minimum atomic E-state index is 0.729. The fraction of sp³-hybridized carbons (Fsp3) is 0.149. The lowest BCUT2D eigenvalue weighted by Crippen LogP contribution is -2.05. The predicted molar refractivity (Wildman–Crippen MR) is 222 cm³/mol. The summed E-state index contributed by atoms with van der Waals surface area (Å²) in [5.41, 5.74) is 19.8. The van der Waals surface area contributed by atoms with Crippen molar-refractivity contribution in [3.8, 4) is 22.5 Å². The summed E-state index contributed by atoms with van der Waals surface area (Å²) in [4.78, 5) is 0. The molecule has 0 fully saturated rings. The maximum atomic E-state index is 6.21. The molecule has 0 spiro atoms. The molecule has 0 saturated heterocycles.